The number of rotatable bonds is 5. The van der Waals surface area contributed by atoms with Crippen LogP contribution in [0.4, 0.5) is 5.13 Å². The molecular formula is C20H18N4OS. The van der Waals surface area contributed by atoms with E-state index in [9.17, 15) is 4.79 Å². The van der Waals surface area contributed by atoms with E-state index in [1.165, 1.54) is 11.3 Å². The van der Waals surface area contributed by atoms with Crippen molar-refractivity contribution in [1.82, 2.24) is 14.4 Å². The van der Waals surface area contributed by atoms with E-state index in [0.717, 1.165) is 28.3 Å². The summed E-state index contributed by atoms with van der Waals surface area (Å²) < 4.78 is 2.04. The Balaban J connectivity index is 1.41. The van der Waals surface area contributed by atoms with Gasteiger partial charge in [0.2, 0.25) is 5.91 Å². The Hall–Kier alpha value is -2.99. The van der Waals surface area contributed by atoms with Crippen molar-refractivity contribution in [2.24, 2.45) is 0 Å². The van der Waals surface area contributed by atoms with Crippen LogP contribution in [0.25, 0.3) is 16.9 Å². The lowest BCUT2D eigenvalue weighted by molar-refractivity contribution is -0.116. The molecule has 0 spiro atoms. The molecule has 3 heterocycles. The number of anilines is 1. The highest BCUT2D eigenvalue weighted by molar-refractivity contribution is 7.14. The fourth-order valence-electron chi connectivity index (χ4n) is 2.95. The molecule has 0 fully saturated rings. The van der Waals surface area contributed by atoms with Crippen LogP contribution in [0.3, 0.4) is 0 Å². The summed E-state index contributed by atoms with van der Waals surface area (Å²) in [5, 5.41) is 5.49. The molecule has 0 saturated carbocycles. The normalized spacial score (nSPS) is 11.0. The number of aryl methyl sites for hydroxylation is 2. The van der Waals surface area contributed by atoms with Crippen LogP contribution in [0.1, 0.15) is 17.8 Å². The van der Waals surface area contributed by atoms with Crippen LogP contribution in [0.15, 0.2) is 60.1 Å². The zero-order valence-electron chi connectivity index (χ0n) is 14.3. The first-order chi connectivity index (χ1) is 12.7. The van der Waals surface area contributed by atoms with Gasteiger partial charge in [-0.3, -0.25) is 4.79 Å². The molecule has 4 aromatic rings. The van der Waals surface area contributed by atoms with Crippen molar-refractivity contribution in [2.75, 3.05) is 5.32 Å². The van der Waals surface area contributed by atoms with Gasteiger partial charge in [-0.1, -0.05) is 36.4 Å². The van der Waals surface area contributed by atoms with E-state index in [1.807, 2.05) is 71.4 Å². The average Bonchev–Trinajstić information content (AvgIpc) is 3.24. The number of hydrogen-bond acceptors (Lipinski definition) is 4. The van der Waals surface area contributed by atoms with Crippen LogP contribution >= 0.6 is 11.3 Å². The van der Waals surface area contributed by atoms with E-state index in [1.54, 1.807) is 0 Å². The Morgan fingerprint density at radius 2 is 1.92 bits per heavy atom. The minimum absolute atomic E-state index is 0.0377. The molecule has 6 heteroatoms. The Labute approximate surface area is 155 Å². The molecule has 26 heavy (non-hydrogen) atoms. The summed E-state index contributed by atoms with van der Waals surface area (Å²) >= 11 is 1.44. The number of benzene rings is 1. The second-order valence-corrected chi connectivity index (χ2v) is 6.88. The number of imidazole rings is 1. The molecule has 130 valence electrons. The molecule has 0 saturated heterocycles. The molecule has 0 unspecified atom stereocenters. The second-order valence-electron chi connectivity index (χ2n) is 6.02. The summed E-state index contributed by atoms with van der Waals surface area (Å²) in [5.41, 5.74) is 4.87. The van der Waals surface area contributed by atoms with Crippen LogP contribution in [-0.2, 0) is 11.2 Å². The van der Waals surface area contributed by atoms with Gasteiger partial charge in [0.15, 0.2) is 5.13 Å². The van der Waals surface area contributed by atoms with Gasteiger partial charge < -0.3 is 9.72 Å². The molecule has 1 N–H and O–H groups in total. The minimum atomic E-state index is -0.0377. The molecule has 4 rings (SSSR count). The van der Waals surface area contributed by atoms with Crippen LogP contribution in [0.2, 0.25) is 0 Å². The van der Waals surface area contributed by atoms with Gasteiger partial charge in [-0.25, -0.2) is 9.97 Å². The SMILES string of the molecule is Cc1nc2ccccn2c1CCC(=O)Nc1nc(-c2ccccc2)cs1. The Morgan fingerprint density at radius 1 is 1.12 bits per heavy atom. The third-order valence-electron chi connectivity index (χ3n) is 4.24. The maximum absolute atomic E-state index is 12.3. The fraction of sp³-hybridized carbons (Fsp3) is 0.150. The summed E-state index contributed by atoms with van der Waals surface area (Å²) in [5.74, 6) is -0.0377. The standard InChI is InChI=1S/C20H18N4OS/c1-14-17(24-12-6-5-9-18(24)21-14)10-11-19(25)23-20-22-16(13-26-20)15-7-3-2-4-8-15/h2-9,12-13H,10-11H2,1H3,(H,22,23,25). The number of pyridine rings is 1. The zero-order chi connectivity index (χ0) is 17.9. The monoisotopic (exact) mass is 362 g/mol. The number of aromatic nitrogens is 3. The van der Waals surface area contributed by atoms with Crippen LogP contribution in [0.5, 0.6) is 0 Å². The van der Waals surface area contributed by atoms with Gasteiger partial charge in [0, 0.05) is 29.3 Å². The Morgan fingerprint density at radius 3 is 2.77 bits per heavy atom. The van der Waals surface area contributed by atoms with Gasteiger partial charge in [0.05, 0.1) is 11.4 Å². The molecule has 0 atom stereocenters. The molecule has 0 aliphatic carbocycles. The summed E-state index contributed by atoms with van der Waals surface area (Å²) in [6.07, 6.45) is 3.01. The number of amides is 1. The topological polar surface area (TPSA) is 59.3 Å². The molecule has 0 radical (unpaired) electrons. The zero-order valence-corrected chi connectivity index (χ0v) is 15.2. The van der Waals surface area contributed by atoms with Crippen LogP contribution in [-0.4, -0.2) is 20.3 Å². The maximum Gasteiger partial charge on any atom is 0.226 e. The number of fused-ring (bicyclic) bond motifs is 1. The molecule has 0 aliphatic rings. The number of hydrogen-bond donors (Lipinski definition) is 1. The van der Waals surface area contributed by atoms with Crippen molar-refractivity contribution in [3.63, 3.8) is 0 Å². The molecule has 0 aliphatic heterocycles. The summed E-state index contributed by atoms with van der Waals surface area (Å²) in [6, 6.07) is 15.8. The predicted octanol–water partition coefficient (Wildman–Crippen LogP) is 4.34. The summed E-state index contributed by atoms with van der Waals surface area (Å²) in [7, 11) is 0. The van der Waals surface area contributed by atoms with E-state index in [2.05, 4.69) is 15.3 Å². The third kappa shape index (κ3) is 3.36. The summed E-state index contributed by atoms with van der Waals surface area (Å²) in [4.78, 5) is 21.4. The quantitative estimate of drug-likeness (QED) is 0.575. The van der Waals surface area contributed by atoms with Crippen molar-refractivity contribution in [3.05, 3.63) is 71.5 Å². The first-order valence-corrected chi connectivity index (χ1v) is 9.32. The lowest BCUT2D eigenvalue weighted by Crippen LogP contribution is -2.13. The highest BCUT2D eigenvalue weighted by atomic mass is 32.1. The van der Waals surface area contributed by atoms with Crippen molar-refractivity contribution < 1.29 is 4.79 Å². The molecule has 1 amide bonds. The van der Waals surface area contributed by atoms with Crippen molar-refractivity contribution >= 4 is 28.0 Å². The van der Waals surface area contributed by atoms with Gasteiger partial charge in [-0.2, -0.15) is 0 Å². The number of thiazole rings is 1. The van der Waals surface area contributed by atoms with Crippen molar-refractivity contribution in [1.29, 1.82) is 0 Å². The molecule has 0 bridgehead atoms. The highest BCUT2D eigenvalue weighted by Gasteiger charge is 2.12. The molecular weight excluding hydrogens is 344 g/mol. The van der Waals surface area contributed by atoms with Crippen molar-refractivity contribution in [2.45, 2.75) is 19.8 Å². The average molecular weight is 362 g/mol. The largest absolute Gasteiger partial charge is 0.304 e. The van der Waals surface area contributed by atoms with E-state index in [0.29, 0.717) is 18.0 Å². The van der Waals surface area contributed by atoms with E-state index in [4.69, 9.17) is 0 Å². The number of nitrogens with one attached hydrogen (secondary N) is 1. The van der Waals surface area contributed by atoms with Gasteiger partial charge in [-0.15, -0.1) is 11.3 Å². The van der Waals surface area contributed by atoms with Crippen LogP contribution < -0.4 is 5.32 Å². The fourth-order valence-corrected chi connectivity index (χ4v) is 3.69. The molecule has 1 aromatic carbocycles. The highest BCUT2D eigenvalue weighted by Crippen LogP contribution is 2.24. The summed E-state index contributed by atoms with van der Waals surface area (Å²) in [6.45, 7) is 1.98. The van der Waals surface area contributed by atoms with Gasteiger partial charge in [-0.05, 0) is 25.5 Å². The first kappa shape index (κ1) is 16.5. The Bertz CT molecular complexity index is 1050. The van der Waals surface area contributed by atoms with Gasteiger partial charge in [0.25, 0.3) is 0 Å². The van der Waals surface area contributed by atoms with Crippen molar-refractivity contribution in [3.8, 4) is 11.3 Å². The minimum Gasteiger partial charge on any atom is -0.304 e. The van der Waals surface area contributed by atoms with Crippen LogP contribution in [0, 0.1) is 6.92 Å². The maximum atomic E-state index is 12.3. The smallest absolute Gasteiger partial charge is 0.226 e. The third-order valence-corrected chi connectivity index (χ3v) is 5.00. The lowest BCUT2D eigenvalue weighted by Gasteiger charge is -2.04. The van der Waals surface area contributed by atoms with Gasteiger partial charge >= 0.3 is 0 Å². The second kappa shape index (κ2) is 7.09. The van der Waals surface area contributed by atoms with Gasteiger partial charge in [0.1, 0.15) is 5.65 Å². The molecule has 5 nitrogen and oxygen atoms in total. The van der Waals surface area contributed by atoms with E-state index >= 15 is 0 Å². The van der Waals surface area contributed by atoms with E-state index < -0.39 is 0 Å². The number of nitrogens with zero attached hydrogens (tertiary/aromatic N) is 3. The predicted molar refractivity (Wildman–Crippen MR) is 104 cm³/mol. The lowest BCUT2D eigenvalue weighted by atomic mass is 10.2. The molecule has 3 aromatic heterocycles. The Kier molecular flexibility index (Phi) is 4.50. The first-order valence-electron chi connectivity index (χ1n) is 8.44. The van der Waals surface area contributed by atoms with E-state index in [-0.39, 0.29) is 5.91 Å². The number of carbonyl (C=O) groups excluding carboxylic acids is 1. The number of carbonyl (C=O) groups is 1.